The molecular formula is C20H23BrN2O4S. The van der Waals surface area contributed by atoms with Crippen molar-refractivity contribution < 1.29 is 17.9 Å². The fourth-order valence-corrected chi connectivity index (χ4v) is 5.36. The van der Waals surface area contributed by atoms with Gasteiger partial charge in [0.15, 0.2) is 0 Å². The number of nitrogens with zero attached hydrogens (tertiary/aromatic N) is 1. The number of halogens is 1. The number of benzene rings is 2. The summed E-state index contributed by atoms with van der Waals surface area (Å²) < 4.78 is 33.5. The number of hydrogen-bond acceptors (Lipinski definition) is 4. The first-order valence-electron chi connectivity index (χ1n) is 9.05. The van der Waals surface area contributed by atoms with E-state index in [-0.39, 0.29) is 16.8 Å². The van der Waals surface area contributed by atoms with Crippen LogP contribution in [-0.4, -0.2) is 38.3 Å². The van der Waals surface area contributed by atoms with Gasteiger partial charge in [0.25, 0.3) is 0 Å². The van der Waals surface area contributed by atoms with Crippen LogP contribution in [0, 0.1) is 0 Å². The number of rotatable bonds is 6. The van der Waals surface area contributed by atoms with Crippen molar-refractivity contribution >= 4 is 31.9 Å². The lowest BCUT2D eigenvalue weighted by Crippen LogP contribution is -2.46. The molecule has 2 aromatic rings. The standard InChI is InChI=1S/C20H23BrN2O4S/c1-14(17-6-3-4-8-19(17)27-2)22-20(24)18-7-5-13-23(18)28(25,26)16-11-9-15(21)10-12-16/h3-4,6,8-12,14,18H,5,7,13H2,1-2H3,(H,22,24)/t14-,18+/m0/s1. The van der Waals surface area contributed by atoms with Crippen molar-refractivity contribution in [2.45, 2.75) is 36.7 Å². The molecule has 0 radical (unpaired) electrons. The lowest BCUT2D eigenvalue weighted by molar-refractivity contribution is -0.124. The summed E-state index contributed by atoms with van der Waals surface area (Å²) in [4.78, 5) is 13.1. The van der Waals surface area contributed by atoms with Crippen molar-refractivity contribution in [1.82, 2.24) is 9.62 Å². The molecule has 2 aromatic carbocycles. The Morgan fingerprint density at radius 3 is 2.57 bits per heavy atom. The van der Waals surface area contributed by atoms with Crippen molar-refractivity contribution in [2.24, 2.45) is 0 Å². The molecule has 2 atom stereocenters. The van der Waals surface area contributed by atoms with E-state index in [1.807, 2.05) is 31.2 Å². The molecular weight excluding hydrogens is 444 g/mol. The fourth-order valence-electron chi connectivity index (χ4n) is 3.44. The number of para-hydroxylation sites is 1. The molecule has 28 heavy (non-hydrogen) atoms. The van der Waals surface area contributed by atoms with E-state index in [1.54, 1.807) is 31.4 Å². The molecule has 0 aliphatic carbocycles. The molecule has 150 valence electrons. The minimum absolute atomic E-state index is 0.188. The molecule has 1 heterocycles. The molecule has 0 spiro atoms. The van der Waals surface area contributed by atoms with Gasteiger partial charge in [-0.1, -0.05) is 34.1 Å². The van der Waals surface area contributed by atoms with E-state index in [0.717, 1.165) is 10.0 Å². The maximum absolute atomic E-state index is 13.0. The van der Waals surface area contributed by atoms with Crippen LogP contribution in [0.4, 0.5) is 0 Å². The number of amides is 1. The average Bonchev–Trinajstić information content (AvgIpc) is 3.19. The Morgan fingerprint density at radius 1 is 1.21 bits per heavy atom. The maximum atomic E-state index is 13.0. The zero-order chi connectivity index (χ0) is 20.3. The predicted molar refractivity (Wildman–Crippen MR) is 111 cm³/mol. The van der Waals surface area contributed by atoms with Crippen molar-refractivity contribution in [3.05, 3.63) is 58.6 Å². The highest BCUT2D eigenvalue weighted by atomic mass is 79.9. The Balaban J connectivity index is 1.78. The molecule has 1 saturated heterocycles. The molecule has 0 unspecified atom stereocenters. The van der Waals surface area contributed by atoms with Gasteiger partial charge in [-0.3, -0.25) is 4.79 Å². The van der Waals surface area contributed by atoms with E-state index < -0.39 is 16.1 Å². The largest absolute Gasteiger partial charge is 0.496 e. The van der Waals surface area contributed by atoms with E-state index in [9.17, 15) is 13.2 Å². The summed E-state index contributed by atoms with van der Waals surface area (Å²) in [6.07, 6.45) is 1.15. The van der Waals surface area contributed by atoms with Crippen LogP contribution >= 0.6 is 15.9 Å². The SMILES string of the molecule is COc1ccccc1[C@H](C)NC(=O)[C@H]1CCCN1S(=O)(=O)c1ccc(Br)cc1. The van der Waals surface area contributed by atoms with Crippen LogP contribution in [0.1, 0.15) is 31.4 Å². The third-order valence-electron chi connectivity index (χ3n) is 4.89. The summed E-state index contributed by atoms with van der Waals surface area (Å²) in [6, 6.07) is 12.9. The first kappa shape index (κ1) is 20.8. The highest BCUT2D eigenvalue weighted by Gasteiger charge is 2.39. The van der Waals surface area contributed by atoms with Crippen molar-refractivity contribution in [3.63, 3.8) is 0 Å². The Kier molecular flexibility index (Phi) is 6.42. The van der Waals surface area contributed by atoms with Crippen LogP contribution in [-0.2, 0) is 14.8 Å². The highest BCUT2D eigenvalue weighted by molar-refractivity contribution is 9.10. The number of ether oxygens (including phenoxy) is 1. The molecule has 8 heteroatoms. The van der Waals surface area contributed by atoms with E-state index in [4.69, 9.17) is 4.74 Å². The molecule has 1 fully saturated rings. The van der Waals surface area contributed by atoms with Gasteiger partial charge in [-0.25, -0.2) is 8.42 Å². The van der Waals surface area contributed by atoms with Gasteiger partial charge in [-0.05, 0) is 50.1 Å². The lowest BCUT2D eigenvalue weighted by atomic mass is 10.1. The predicted octanol–water partition coefficient (Wildman–Crippen LogP) is 3.49. The van der Waals surface area contributed by atoms with Crippen LogP contribution in [0.5, 0.6) is 5.75 Å². The molecule has 1 N–H and O–H groups in total. The number of carbonyl (C=O) groups excluding carboxylic acids is 1. The third-order valence-corrected chi connectivity index (χ3v) is 7.34. The van der Waals surface area contributed by atoms with Crippen LogP contribution < -0.4 is 10.1 Å². The monoisotopic (exact) mass is 466 g/mol. The number of nitrogens with one attached hydrogen (secondary N) is 1. The lowest BCUT2D eigenvalue weighted by Gasteiger charge is -2.25. The summed E-state index contributed by atoms with van der Waals surface area (Å²) in [5.74, 6) is 0.387. The average molecular weight is 467 g/mol. The summed E-state index contributed by atoms with van der Waals surface area (Å²) in [5, 5.41) is 2.94. The fraction of sp³-hybridized carbons (Fsp3) is 0.350. The zero-order valence-corrected chi connectivity index (χ0v) is 18.2. The van der Waals surface area contributed by atoms with Crippen LogP contribution in [0.25, 0.3) is 0 Å². The quantitative estimate of drug-likeness (QED) is 0.706. The highest BCUT2D eigenvalue weighted by Crippen LogP contribution is 2.29. The van der Waals surface area contributed by atoms with E-state index in [0.29, 0.717) is 25.1 Å². The maximum Gasteiger partial charge on any atom is 0.243 e. The first-order valence-corrected chi connectivity index (χ1v) is 11.3. The second kappa shape index (κ2) is 8.63. The number of methoxy groups -OCH3 is 1. The zero-order valence-electron chi connectivity index (χ0n) is 15.8. The Labute approximate surface area is 174 Å². The molecule has 1 aliphatic heterocycles. The van der Waals surface area contributed by atoms with E-state index in [1.165, 1.54) is 4.31 Å². The molecule has 3 rings (SSSR count). The van der Waals surface area contributed by atoms with Gasteiger partial charge < -0.3 is 10.1 Å². The van der Waals surface area contributed by atoms with Gasteiger partial charge in [-0.15, -0.1) is 0 Å². The molecule has 6 nitrogen and oxygen atoms in total. The minimum Gasteiger partial charge on any atom is -0.496 e. The first-order chi connectivity index (χ1) is 13.3. The van der Waals surface area contributed by atoms with E-state index in [2.05, 4.69) is 21.2 Å². The number of hydrogen-bond donors (Lipinski definition) is 1. The summed E-state index contributed by atoms with van der Waals surface area (Å²) in [5.41, 5.74) is 0.846. The topological polar surface area (TPSA) is 75.7 Å². The summed E-state index contributed by atoms with van der Waals surface area (Å²) >= 11 is 3.31. The van der Waals surface area contributed by atoms with Gasteiger partial charge in [0.2, 0.25) is 15.9 Å². The van der Waals surface area contributed by atoms with E-state index >= 15 is 0 Å². The van der Waals surface area contributed by atoms with Crippen LogP contribution in [0.3, 0.4) is 0 Å². The number of sulfonamides is 1. The normalized spacial score (nSPS) is 18.6. The van der Waals surface area contributed by atoms with Crippen molar-refractivity contribution in [2.75, 3.05) is 13.7 Å². The molecule has 1 aliphatic rings. The molecule has 1 amide bonds. The summed E-state index contributed by atoms with van der Waals surface area (Å²) in [6.45, 7) is 2.19. The van der Waals surface area contributed by atoms with Crippen molar-refractivity contribution in [3.8, 4) is 5.75 Å². The molecule has 0 bridgehead atoms. The molecule has 0 aromatic heterocycles. The van der Waals surface area contributed by atoms with Gasteiger partial charge in [-0.2, -0.15) is 4.31 Å². The Morgan fingerprint density at radius 2 is 1.89 bits per heavy atom. The Bertz CT molecular complexity index is 947. The summed E-state index contributed by atoms with van der Waals surface area (Å²) in [7, 11) is -2.16. The van der Waals surface area contributed by atoms with Gasteiger partial charge in [0.05, 0.1) is 18.0 Å². The Hall–Kier alpha value is -1.90. The second-order valence-corrected chi connectivity index (χ2v) is 9.51. The minimum atomic E-state index is -3.74. The van der Waals surface area contributed by atoms with Gasteiger partial charge in [0.1, 0.15) is 11.8 Å². The molecule has 0 saturated carbocycles. The number of carbonyl (C=O) groups is 1. The van der Waals surface area contributed by atoms with Gasteiger partial charge in [0, 0.05) is 16.6 Å². The van der Waals surface area contributed by atoms with Crippen LogP contribution in [0.2, 0.25) is 0 Å². The van der Waals surface area contributed by atoms with Crippen molar-refractivity contribution in [1.29, 1.82) is 0 Å². The van der Waals surface area contributed by atoms with Gasteiger partial charge >= 0.3 is 0 Å². The third kappa shape index (κ3) is 4.24. The smallest absolute Gasteiger partial charge is 0.243 e. The van der Waals surface area contributed by atoms with Crippen LogP contribution in [0.15, 0.2) is 57.9 Å². The second-order valence-electron chi connectivity index (χ2n) is 6.70.